The SMILES string of the molecule is CC(C)(C)c1c(O)cccc1OC#N. The summed E-state index contributed by atoms with van der Waals surface area (Å²) in [6.45, 7) is 5.85. The van der Waals surface area contributed by atoms with E-state index < -0.39 is 0 Å². The van der Waals surface area contributed by atoms with Crippen molar-refractivity contribution in [1.82, 2.24) is 0 Å². The summed E-state index contributed by atoms with van der Waals surface area (Å²) in [5, 5.41) is 18.1. The summed E-state index contributed by atoms with van der Waals surface area (Å²) >= 11 is 0. The number of aromatic hydroxyl groups is 1. The number of nitrogens with zero attached hydrogens (tertiary/aromatic N) is 1. The standard InChI is InChI=1S/C11H13NO2/c1-11(2,3)10-8(13)5-4-6-9(10)14-7-12/h4-6,13H,1-3H3. The van der Waals surface area contributed by atoms with Crippen LogP contribution in [0.5, 0.6) is 11.5 Å². The van der Waals surface area contributed by atoms with Crippen LogP contribution in [0.2, 0.25) is 0 Å². The lowest BCUT2D eigenvalue weighted by Gasteiger charge is -2.21. The Morgan fingerprint density at radius 1 is 1.36 bits per heavy atom. The third-order valence-electron chi connectivity index (χ3n) is 1.91. The molecule has 0 saturated heterocycles. The van der Waals surface area contributed by atoms with Gasteiger partial charge in [0.25, 0.3) is 6.26 Å². The monoisotopic (exact) mass is 191 g/mol. The summed E-state index contributed by atoms with van der Waals surface area (Å²) in [6, 6.07) is 4.91. The maximum absolute atomic E-state index is 9.66. The molecule has 14 heavy (non-hydrogen) atoms. The molecule has 3 heteroatoms. The van der Waals surface area contributed by atoms with Gasteiger partial charge < -0.3 is 9.84 Å². The molecule has 0 amide bonds. The summed E-state index contributed by atoms with van der Waals surface area (Å²) in [5.74, 6) is 0.574. The van der Waals surface area contributed by atoms with E-state index in [1.54, 1.807) is 24.5 Å². The fourth-order valence-electron chi connectivity index (χ4n) is 1.41. The van der Waals surface area contributed by atoms with Crippen molar-refractivity contribution < 1.29 is 9.84 Å². The molecular weight excluding hydrogens is 178 g/mol. The number of phenolic OH excluding ortho intramolecular Hbond substituents is 1. The molecule has 0 saturated carbocycles. The molecular formula is C11H13NO2. The van der Waals surface area contributed by atoms with E-state index in [2.05, 4.69) is 0 Å². The molecule has 0 fully saturated rings. The van der Waals surface area contributed by atoms with Crippen molar-refractivity contribution in [1.29, 1.82) is 5.26 Å². The van der Waals surface area contributed by atoms with E-state index in [1.165, 1.54) is 0 Å². The van der Waals surface area contributed by atoms with Crippen molar-refractivity contribution in [2.75, 3.05) is 0 Å². The van der Waals surface area contributed by atoms with Gasteiger partial charge in [0.05, 0.1) is 0 Å². The predicted octanol–water partition coefficient (Wildman–Crippen LogP) is 2.55. The molecule has 0 aliphatic heterocycles. The van der Waals surface area contributed by atoms with Gasteiger partial charge in [-0.25, -0.2) is 0 Å². The van der Waals surface area contributed by atoms with Gasteiger partial charge in [0, 0.05) is 5.56 Å². The van der Waals surface area contributed by atoms with Crippen LogP contribution in [-0.4, -0.2) is 5.11 Å². The highest BCUT2D eigenvalue weighted by atomic mass is 16.5. The van der Waals surface area contributed by atoms with Crippen molar-refractivity contribution in [3.8, 4) is 17.8 Å². The average Bonchev–Trinajstić information content (AvgIpc) is 2.02. The lowest BCUT2D eigenvalue weighted by molar-refractivity contribution is 0.422. The Morgan fingerprint density at radius 3 is 2.50 bits per heavy atom. The molecule has 0 spiro atoms. The second kappa shape index (κ2) is 3.59. The predicted molar refractivity (Wildman–Crippen MR) is 53.0 cm³/mol. The highest BCUT2D eigenvalue weighted by molar-refractivity contribution is 5.48. The molecule has 1 rings (SSSR count). The Labute approximate surface area is 83.6 Å². The first-order valence-corrected chi connectivity index (χ1v) is 4.35. The van der Waals surface area contributed by atoms with Crippen LogP contribution in [0, 0.1) is 11.5 Å². The van der Waals surface area contributed by atoms with Gasteiger partial charge >= 0.3 is 0 Å². The summed E-state index contributed by atoms with van der Waals surface area (Å²) < 4.78 is 4.79. The van der Waals surface area contributed by atoms with Crippen LogP contribution >= 0.6 is 0 Å². The third-order valence-corrected chi connectivity index (χ3v) is 1.91. The molecule has 74 valence electrons. The molecule has 0 unspecified atom stereocenters. The molecule has 0 aromatic heterocycles. The van der Waals surface area contributed by atoms with Gasteiger partial charge in [-0.3, -0.25) is 0 Å². The number of phenols is 1. The van der Waals surface area contributed by atoms with E-state index in [9.17, 15) is 5.11 Å². The molecule has 1 aromatic carbocycles. The van der Waals surface area contributed by atoms with Gasteiger partial charge in [-0.15, -0.1) is 5.26 Å². The Hall–Kier alpha value is -1.69. The molecule has 0 radical (unpaired) electrons. The van der Waals surface area contributed by atoms with Crippen LogP contribution in [0.25, 0.3) is 0 Å². The Morgan fingerprint density at radius 2 is 2.00 bits per heavy atom. The van der Waals surface area contributed by atoms with E-state index in [4.69, 9.17) is 10.00 Å². The largest absolute Gasteiger partial charge is 0.508 e. The molecule has 0 heterocycles. The zero-order chi connectivity index (χ0) is 10.8. The van der Waals surface area contributed by atoms with Gasteiger partial charge in [0.1, 0.15) is 11.5 Å². The van der Waals surface area contributed by atoms with E-state index in [0.717, 1.165) is 0 Å². The van der Waals surface area contributed by atoms with Crippen LogP contribution in [0.1, 0.15) is 26.3 Å². The minimum atomic E-state index is -0.252. The topological polar surface area (TPSA) is 53.2 Å². The van der Waals surface area contributed by atoms with Gasteiger partial charge in [0.15, 0.2) is 0 Å². The normalized spacial score (nSPS) is 10.7. The maximum Gasteiger partial charge on any atom is 0.292 e. The Bertz CT molecular complexity index is 372. The van der Waals surface area contributed by atoms with Gasteiger partial charge in [-0.1, -0.05) is 26.8 Å². The lowest BCUT2D eigenvalue weighted by Crippen LogP contribution is -2.12. The van der Waals surface area contributed by atoms with Crippen molar-refractivity contribution >= 4 is 0 Å². The van der Waals surface area contributed by atoms with Crippen LogP contribution < -0.4 is 4.74 Å². The zero-order valence-electron chi connectivity index (χ0n) is 8.53. The number of rotatable bonds is 1. The smallest absolute Gasteiger partial charge is 0.292 e. The average molecular weight is 191 g/mol. The first-order valence-electron chi connectivity index (χ1n) is 4.35. The van der Waals surface area contributed by atoms with E-state index >= 15 is 0 Å². The van der Waals surface area contributed by atoms with Crippen molar-refractivity contribution in [3.63, 3.8) is 0 Å². The van der Waals surface area contributed by atoms with E-state index in [1.807, 2.05) is 20.8 Å². The van der Waals surface area contributed by atoms with Crippen LogP contribution in [0.4, 0.5) is 0 Å². The fraction of sp³-hybridized carbons (Fsp3) is 0.364. The number of nitriles is 1. The minimum Gasteiger partial charge on any atom is -0.508 e. The summed E-state index contributed by atoms with van der Waals surface area (Å²) in [7, 11) is 0. The zero-order valence-corrected chi connectivity index (χ0v) is 8.53. The number of benzene rings is 1. The Balaban J connectivity index is 3.31. The van der Waals surface area contributed by atoms with Crippen LogP contribution in [0.15, 0.2) is 18.2 Å². The number of hydrogen-bond donors (Lipinski definition) is 1. The summed E-state index contributed by atoms with van der Waals surface area (Å²) in [6.07, 6.45) is 1.61. The second-order valence-corrected chi connectivity index (χ2v) is 4.09. The number of hydrogen-bond acceptors (Lipinski definition) is 3. The summed E-state index contributed by atoms with van der Waals surface area (Å²) in [5.41, 5.74) is 0.402. The quantitative estimate of drug-likeness (QED) is 0.694. The molecule has 1 aromatic rings. The van der Waals surface area contributed by atoms with E-state index in [0.29, 0.717) is 11.3 Å². The Kier molecular flexibility index (Phi) is 2.66. The fourth-order valence-corrected chi connectivity index (χ4v) is 1.41. The van der Waals surface area contributed by atoms with Crippen LogP contribution in [0.3, 0.4) is 0 Å². The highest BCUT2D eigenvalue weighted by Crippen LogP contribution is 2.37. The third kappa shape index (κ3) is 1.97. The van der Waals surface area contributed by atoms with Crippen molar-refractivity contribution in [3.05, 3.63) is 23.8 Å². The van der Waals surface area contributed by atoms with Crippen molar-refractivity contribution in [2.45, 2.75) is 26.2 Å². The van der Waals surface area contributed by atoms with Crippen LogP contribution in [-0.2, 0) is 5.41 Å². The van der Waals surface area contributed by atoms with E-state index in [-0.39, 0.29) is 11.2 Å². The number of ether oxygens (including phenoxy) is 1. The van der Waals surface area contributed by atoms with Crippen molar-refractivity contribution in [2.24, 2.45) is 0 Å². The molecule has 0 bridgehead atoms. The molecule has 1 N–H and O–H groups in total. The molecule has 0 aliphatic rings. The first kappa shape index (κ1) is 10.4. The second-order valence-electron chi connectivity index (χ2n) is 4.09. The van der Waals surface area contributed by atoms with Gasteiger partial charge in [0.2, 0.25) is 0 Å². The van der Waals surface area contributed by atoms with Gasteiger partial charge in [-0.2, -0.15) is 0 Å². The molecule has 0 atom stereocenters. The first-order chi connectivity index (χ1) is 6.46. The minimum absolute atomic E-state index is 0.158. The van der Waals surface area contributed by atoms with Gasteiger partial charge in [-0.05, 0) is 17.5 Å². The maximum atomic E-state index is 9.66. The highest BCUT2D eigenvalue weighted by Gasteiger charge is 2.22. The summed E-state index contributed by atoms with van der Waals surface area (Å²) in [4.78, 5) is 0. The molecule has 0 aliphatic carbocycles. The lowest BCUT2D eigenvalue weighted by atomic mass is 9.85. The molecule has 3 nitrogen and oxygen atoms in total.